The van der Waals surface area contributed by atoms with Crippen molar-refractivity contribution in [1.82, 2.24) is 4.98 Å². The molecule has 0 unspecified atom stereocenters. The second-order valence-corrected chi connectivity index (χ2v) is 13.1. The molecule has 0 aliphatic heterocycles. The molecule has 0 saturated carbocycles. The number of rotatable bonds is 4. The SMILES string of the molecule is c1ccc2c(N(c3ccc4c(ccc5c6ccccc6ccc45)c3)c3ccc4c(c3)oc3cccc(-c5nc6ccccc6o5)c34)cccc2c1. The summed E-state index contributed by atoms with van der Waals surface area (Å²) in [6, 6.07) is 60.0. The highest BCUT2D eigenvalue weighted by Crippen LogP contribution is 2.44. The van der Waals surface area contributed by atoms with Gasteiger partial charge in [-0.1, -0.05) is 109 Å². The van der Waals surface area contributed by atoms with Crippen LogP contribution in [0.2, 0.25) is 0 Å². The Kier molecular flexibility index (Phi) is 5.92. The van der Waals surface area contributed by atoms with Gasteiger partial charge in [-0.25, -0.2) is 4.98 Å². The summed E-state index contributed by atoms with van der Waals surface area (Å²) in [7, 11) is 0. The van der Waals surface area contributed by atoms with Crippen LogP contribution in [0, 0.1) is 0 Å². The molecule has 0 spiro atoms. The van der Waals surface area contributed by atoms with Crippen LogP contribution in [0.25, 0.3) is 87.6 Å². The molecular weight excluding hydrogens is 625 g/mol. The molecule has 0 fully saturated rings. The summed E-state index contributed by atoms with van der Waals surface area (Å²) in [4.78, 5) is 7.16. The highest BCUT2D eigenvalue weighted by molar-refractivity contribution is 6.18. The molecule has 2 heterocycles. The summed E-state index contributed by atoms with van der Waals surface area (Å²) < 4.78 is 12.8. The summed E-state index contributed by atoms with van der Waals surface area (Å²) in [6.45, 7) is 0. The van der Waals surface area contributed by atoms with Crippen molar-refractivity contribution in [2.45, 2.75) is 0 Å². The third kappa shape index (κ3) is 4.30. The zero-order chi connectivity index (χ0) is 33.5. The summed E-state index contributed by atoms with van der Waals surface area (Å²) in [5.74, 6) is 0.586. The Morgan fingerprint density at radius 2 is 1.02 bits per heavy atom. The lowest BCUT2D eigenvalue weighted by Gasteiger charge is -2.27. The fourth-order valence-electron chi connectivity index (χ4n) is 7.91. The number of aromatic nitrogens is 1. The van der Waals surface area contributed by atoms with Gasteiger partial charge in [0, 0.05) is 39.2 Å². The zero-order valence-electron chi connectivity index (χ0n) is 27.4. The average Bonchev–Trinajstić information content (AvgIpc) is 3.79. The predicted molar refractivity (Wildman–Crippen MR) is 211 cm³/mol. The topological polar surface area (TPSA) is 42.4 Å². The zero-order valence-corrected chi connectivity index (χ0v) is 27.4. The second-order valence-electron chi connectivity index (χ2n) is 13.1. The maximum absolute atomic E-state index is 6.60. The fraction of sp³-hybridized carbons (Fsp3) is 0. The Morgan fingerprint density at radius 3 is 1.88 bits per heavy atom. The van der Waals surface area contributed by atoms with E-state index in [4.69, 9.17) is 13.8 Å². The van der Waals surface area contributed by atoms with Crippen LogP contribution in [0.4, 0.5) is 17.1 Å². The molecule has 4 nitrogen and oxygen atoms in total. The second kappa shape index (κ2) is 10.8. The number of nitrogens with zero attached hydrogens (tertiary/aromatic N) is 2. The van der Waals surface area contributed by atoms with E-state index in [0.29, 0.717) is 5.89 Å². The van der Waals surface area contributed by atoms with Gasteiger partial charge >= 0.3 is 0 Å². The quantitative estimate of drug-likeness (QED) is 0.177. The molecule has 0 saturated heterocycles. The Balaban J connectivity index is 1.12. The molecule has 11 rings (SSSR count). The Morgan fingerprint density at radius 1 is 0.392 bits per heavy atom. The van der Waals surface area contributed by atoms with E-state index < -0.39 is 0 Å². The highest BCUT2D eigenvalue weighted by Gasteiger charge is 2.21. The molecule has 0 atom stereocenters. The number of oxazole rings is 1. The first-order chi connectivity index (χ1) is 25.3. The van der Waals surface area contributed by atoms with E-state index in [1.165, 1.54) is 43.1 Å². The summed E-state index contributed by atoms with van der Waals surface area (Å²) in [6.07, 6.45) is 0. The van der Waals surface area contributed by atoms with Gasteiger partial charge in [-0.3, -0.25) is 0 Å². The first kappa shape index (κ1) is 28.0. The first-order valence-corrected chi connectivity index (χ1v) is 17.2. The van der Waals surface area contributed by atoms with Crippen LogP contribution in [-0.4, -0.2) is 4.98 Å². The number of hydrogen-bond donors (Lipinski definition) is 0. The molecule has 238 valence electrons. The van der Waals surface area contributed by atoms with Gasteiger partial charge in [0.15, 0.2) is 5.58 Å². The summed E-state index contributed by atoms with van der Waals surface area (Å²) in [5.41, 5.74) is 7.29. The molecule has 9 aromatic carbocycles. The van der Waals surface area contributed by atoms with E-state index in [0.717, 1.165) is 55.7 Å². The average molecular weight is 653 g/mol. The minimum Gasteiger partial charge on any atom is -0.456 e. The highest BCUT2D eigenvalue weighted by atomic mass is 16.3. The van der Waals surface area contributed by atoms with Crippen LogP contribution in [0.1, 0.15) is 0 Å². The van der Waals surface area contributed by atoms with Crippen LogP contribution >= 0.6 is 0 Å². The van der Waals surface area contributed by atoms with Gasteiger partial charge in [0.05, 0.1) is 5.69 Å². The van der Waals surface area contributed by atoms with Crippen LogP contribution in [0.3, 0.4) is 0 Å². The van der Waals surface area contributed by atoms with Crippen LogP contribution in [0.15, 0.2) is 179 Å². The van der Waals surface area contributed by atoms with Crippen molar-refractivity contribution in [2.24, 2.45) is 0 Å². The van der Waals surface area contributed by atoms with Gasteiger partial charge in [0.1, 0.15) is 16.7 Å². The lowest BCUT2D eigenvalue weighted by molar-refractivity contribution is 0.620. The van der Waals surface area contributed by atoms with Gasteiger partial charge < -0.3 is 13.7 Å². The lowest BCUT2D eigenvalue weighted by Crippen LogP contribution is -2.10. The number of hydrogen-bond acceptors (Lipinski definition) is 4. The molecule has 0 amide bonds. The minimum absolute atomic E-state index is 0.586. The number of fused-ring (bicyclic) bond motifs is 10. The monoisotopic (exact) mass is 652 g/mol. The molecule has 0 N–H and O–H groups in total. The summed E-state index contributed by atoms with van der Waals surface area (Å²) >= 11 is 0. The lowest BCUT2D eigenvalue weighted by atomic mass is 9.96. The Labute approximate surface area is 292 Å². The maximum Gasteiger partial charge on any atom is 0.228 e. The molecule has 0 radical (unpaired) electrons. The predicted octanol–water partition coefficient (Wildman–Crippen LogP) is 13.5. The van der Waals surface area contributed by atoms with E-state index in [2.05, 4.69) is 138 Å². The number of furan rings is 1. The maximum atomic E-state index is 6.60. The minimum atomic E-state index is 0.586. The largest absolute Gasteiger partial charge is 0.456 e. The number of para-hydroxylation sites is 2. The van der Waals surface area contributed by atoms with Crippen molar-refractivity contribution in [1.29, 1.82) is 0 Å². The number of benzene rings is 9. The molecule has 0 aliphatic rings. The van der Waals surface area contributed by atoms with Gasteiger partial charge in [0.25, 0.3) is 0 Å². The van der Waals surface area contributed by atoms with Crippen molar-refractivity contribution in [3.63, 3.8) is 0 Å². The molecule has 0 aliphatic carbocycles. The van der Waals surface area contributed by atoms with Gasteiger partial charge in [0.2, 0.25) is 5.89 Å². The molecule has 11 aromatic rings. The van der Waals surface area contributed by atoms with Crippen molar-refractivity contribution in [3.8, 4) is 11.5 Å². The first-order valence-electron chi connectivity index (χ1n) is 17.2. The molecule has 0 bridgehead atoms. The van der Waals surface area contributed by atoms with Gasteiger partial charge in [-0.2, -0.15) is 0 Å². The third-order valence-electron chi connectivity index (χ3n) is 10.3. The van der Waals surface area contributed by atoms with E-state index in [9.17, 15) is 0 Å². The van der Waals surface area contributed by atoms with Gasteiger partial charge in [-0.15, -0.1) is 0 Å². The van der Waals surface area contributed by atoms with Crippen molar-refractivity contribution in [2.75, 3.05) is 4.90 Å². The smallest absolute Gasteiger partial charge is 0.228 e. The third-order valence-corrected chi connectivity index (χ3v) is 10.3. The van der Waals surface area contributed by atoms with Crippen LogP contribution < -0.4 is 4.90 Å². The van der Waals surface area contributed by atoms with E-state index >= 15 is 0 Å². The van der Waals surface area contributed by atoms with Crippen molar-refractivity contribution in [3.05, 3.63) is 170 Å². The molecular formula is C47H28N2O2. The Hall–Kier alpha value is -6.91. The molecule has 2 aromatic heterocycles. The van der Waals surface area contributed by atoms with E-state index in [1.807, 2.05) is 36.4 Å². The Bertz CT molecular complexity index is 3130. The van der Waals surface area contributed by atoms with Crippen molar-refractivity contribution < 1.29 is 8.83 Å². The number of anilines is 3. The van der Waals surface area contributed by atoms with Crippen LogP contribution in [0.5, 0.6) is 0 Å². The normalized spacial score (nSPS) is 11.9. The van der Waals surface area contributed by atoms with Gasteiger partial charge in [-0.05, 0) is 92.3 Å². The van der Waals surface area contributed by atoms with E-state index in [-0.39, 0.29) is 0 Å². The van der Waals surface area contributed by atoms with E-state index in [1.54, 1.807) is 0 Å². The van der Waals surface area contributed by atoms with Crippen LogP contribution in [-0.2, 0) is 0 Å². The van der Waals surface area contributed by atoms with Crippen molar-refractivity contribution >= 4 is 93.2 Å². The molecule has 51 heavy (non-hydrogen) atoms. The summed E-state index contributed by atoms with van der Waals surface area (Å²) in [5, 5.41) is 11.8. The molecule has 4 heteroatoms. The standard InChI is InChI=1S/C47H28N2O2/c1-3-12-34-30(10-1)19-23-38-35-25-21-32(27-31(35)20-24-37(34)38)49(42-16-7-11-29-9-2-4-13-36(29)42)33-22-26-39-45(28-33)50-44-18-8-14-40(46(39)44)47-48-41-15-5-6-17-43(41)51-47/h1-28H. The fourth-order valence-corrected chi connectivity index (χ4v) is 7.91.